The summed E-state index contributed by atoms with van der Waals surface area (Å²) < 4.78 is 6.28. The first-order chi connectivity index (χ1) is 14.9. The van der Waals surface area contributed by atoms with Gasteiger partial charge in [-0.1, -0.05) is 12.2 Å². The minimum Gasteiger partial charge on any atom is -0.455 e. The van der Waals surface area contributed by atoms with E-state index in [1.54, 1.807) is 18.2 Å². The van der Waals surface area contributed by atoms with Crippen molar-refractivity contribution in [1.82, 2.24) is 5.01 Å². The van der Waals surface area contributed by atoms with Crippen LogP contribution in [0.25, 0.3) is 11.3 Å². The summed E-state index contributed by atoms with van der Waals surface area (Å²) >= 11 is 3.33. The van der Waals surface area contributed by atoms with Gasteiger partial charge in [0.2, 0.25) is 0 Å². The molecule has 31 heavy (non-hydrogen) atoms. The molecule has 0 N–H and O–H groups in total. The van der Waals surface area contributed by atoms with Crippen molar-refractivity contribution in [3.63, 3.8) is 0 Å². The number of carbonyl (C=O) groups is 2. The van der Waals surface area contributed by atoms with E-state index in [2.05, 4.69) is 33.2 Å². The van der Waals surface area contributed by atoms with Crippen molar-refractivity contribution in [2.75, 3.05) is 0 Å². The largest absolute Gasteiger partial charge is 0.455 e. The molecule has 1 aliphatic heterocycles. The van der Waals surface area contributed by atoms with Crippen molar-refractivity contribution in [3.8, 4) is 11.3 Å². The Labute approximate surface area is 184 Å². The number of imide groups is 1. The second kappa shape index (κ2) is 6.23. The van der Waals surface area contributed by atoms with Gasteiger partial charge >= 0.3 is 0 Å². The third-order valence-corrected chi connectivity index (χ3v) is 7.84. The molecule has 6 rings (SSSR count). The van der Waals surface area contributed by atoms with Gasteiger partial charge in [-0.3, -0.25) is 19.7 Å². The molecule has 1 aromatic carbocycles. The molecule has 2 saturated carbocycles. The average Bonchev–Trinajstić information content (AvgIpc) is 3.03. The van der Waals surface area contributed by atoms with E-state index in [0.29, 0.717) is 21.6 Å². The smallest absolute Gasteiger partial charge is 0.270 e. The topological polar surface area (TPSA) is 106 Å². The maximum absolute atomic E-state index is 12.9. The molecular formula is C22H16BrN3O5. The highest BCUT2D eigenvalue weighted by atomic mass is 79.9. The maximum Gasteiger partial charge on any atom is 0.270 e. The van der Waals surface area contributed by atoms with Crippen LogP contribution in [0.15, 0.2) is 56.5 Å². The van der Waals surface area contributed by atoms with Crippen LogP contribution in [-0.4, -0.2) is 28.0 Å². The van der Waals surface area contributed by atoms with Gasteiger partial charge in [0.05, 0.1) is 23.0 Å². The Balaban J connectivity index is 1.23. The third-order valence-electron chi connectivity index (χ3n) is 7.19. The summed E-state index contributed by atoms with van der Waals surface area (Å²) in [6.45, 7) is 0. The number of non-ortho nitro benzene ring substituents is 1. The molecule has 2 heterocycles. The predicted octanol–water partition coefficient (Wildman–Crippen LogP) is 4.15. The molecule has 1 saturated heterocycles. The summed E-state index contributed by atoms with van der Waals surface area (Å²) in [5, 5.41) is 16.1. The first-order valence-electron chi connectivity index (χ1n) is 10.0. The van der Waals surface area contributed by atoms with Crippen LogP contribution in [0.5, 0.6) is 0 Å². The van der Waals surface area contributed by atoms with E-state index in [9.17, 15) is 19.7 Å². The van der Waals surface area contributed by atoms with Crippen LogP contribution in [0, 0.1) is 39.2 Å². The zero-order chi connectivity index (χ0) is 21.5. The number of fused-ring (bicyclic) bond motifs is 3. The molecule has 4 aliphatic rings. The standard InChI is InChI=1S/C22H16BrN3O5/c23-16-9-11(26(29)30)1-3-13(16)17-6-2-12(31-17)10-24-25-20(27)18-14-4-5-15(19(18)21(25)28)22(14)7-8-22/h1-6,9-10,14-15,18-19H,7-8H2/b24-10-/t14-,15-,18-,19-/m1/s1. The second-order valence-corrected chi connectivity index (χ2v) is 9.43. The highest BCUT2D eigenvalue weighted by Crippen LogP contribution is 2.73. The highest BCUT2D eigenvalue weighted by Gasteiger charge is 2.73. The molecule has 0 radical (unpaired) electrons. The number of rotatable bonds is 4. The van der Waals surface area contributed by atoms with E-state index in [1.165, 1.54) is 18.3 Å². The lowest BCUT2D eigenvalue weighted by atomic mass is 9.85. The van der Waals surface area contributed by atoms with Crippen molar-refractivity contribution in [2.24, 2.45) is 34.2 Å². The molecule has 4 atom stereocenters. The van der Waals surface area contributed by atoms with Crippen LogP contribution in [0.3, 0.4) is 0 Å². The Morgan fingerprint density at radius 3 is 2.39 bits per heavy atom. The summed E-state index contributed by atoms with van der Waals surface area (Å²) in [5.41, 5.74) is 0.771. The molecule has 2 bridgehead atoms. The molecule has 2 amide bonds. The minimum atomic E-state index is -0.471. The summed E-state index contributed by atoms with van der Waals surface area (Å²) in [6.07, 6.45) is 7.80. The number of halogens is 1. The normalized spacial score (nSPS) is 29.5. The van der Waals surface area contributed by atoms with Gasteiger partial charge in [-0.15, -0.1) is 0 Å². The van der Waals surface area contributed by atoms with Crippen LogP contribution < -0.4 is 0 Å². The number of nitro benzene ring substituents is 1. The molecule has 3 fully saturated rings. The zero-order valence-electron chi connectivity index (χ0n) is 16.1. The van der Waals surface area contributed by atoms with Crippen molar-refractivity contribution < 1.29 is 18.9 Å². The second-order valence-electron chi connectivity index (χ2n) is 8.58. The number of allylic oxidation sites excluding steroid dienone is 2. The van der Waals surface area contributed by atoms with E-state index in [4.69, 9.17) is 4.42 Å². The van der Waals surface area contributed by atoms with E-state index in [-0.39, 0.29) is 46.6 Å². The van der Waals surface area contributed by atoms with Crippen molar-refractivity contribution in [2.45, 2.75) is 12.8 Å². The van der Waals surface area contributed by atoms with Crippen molar-refractivity contribution >= 4 is 39.6 Å². The highest BCUT2D eigenvalue weighted by molar-refractivity contribution is 9.10. The van der Waals surface area contributed by atoms with Gasteiger partial charge in [0.15, 0.2) is 0 Å². The lowest BCUT2D eigenvalue weighted by Gasteiger charge is -2.18. The monoisotopic (exact) mass is 481 g/mol. The number of amides is 2. The number of carbonyl (C=O) groups excluding carboxylic acids is 2. The Kier molecular flexibility index (Phi) is 3.75. The Morgan fingerprint density at radius 1 is 1.13 bits per heavy atom. The van der Waals surface area contributed by atoms with Gasteiger partial charge in [0.1, 0.15) is 11.5 Å². The van der Waals surface area contributed by atoms with Gasteiger partial charge in [-0.25, -0.2) is 0 Å². The Hall–Kier alpha value is -3.07. The number of hydrogen-bond donors (Lipinski definition) is 0. The van der Waals surface area contributed by atoms with Gasteiger partial charge in [-0.05, 0) is 64.2 Å². The van der Waals surface area contributed by atoms with Crippen molar-refractivity contribution in [3.05, 3.63) is 62.8 Å². The van der Waals surface area contributed by atoms with Crippen LogP contribution in [0.1, 0.15) is 18.6 Å². The first kappa shape index (κ1) is 18.7. The molecule has 3 aliphatic carbocycles. The summed E-state index contributed by atoms with van der Waals surface area (Å²) in [7, 11) is 0. The SMILES string of the molecule is O=C1[C@H]2[C@H](C(=O)N1/N=C\c1ccc(-c3ccc([N+](=O)[O-])cc3Br)o1)[C@H]1C=C[C@H]2C12CC2. The van der Waals surface area contributed by atoms with Crippen LogP contribution >= 0.6 is 15.9 Å². The van der Waals surface area contributed by atoms with Gasteiger partial charge < -0.3 is 4.42 Å². The molecular weight excluding hydrogens is 466 g/mol. The van der Waals surface area contributed by atoms with E-state index >= 15 is 0 Å². The number of nitro groups is 1. The quantitative estimate of drug-likeness (QED) is 0.214. The number of nitrogens with zero attached hydrogens (tertiary/aromatic N) is 3. The minimum absolute atomic E-state index is 0.0305. The molecule has 156 valence electrons. The molecule has 1 aromatic heterocycles. The van der Waals surface area contributed by atoms with Gasteiger partial charge in [-0.2, -0.15) is 10.1 Å². The molecule has 2 aromatic rings. The maximum atomic E-state index is 12.9. The van der Waals surface area contributed by atoms with E-state index < -0.39 is 4.92 Å². The van der Waals surface area contributed by atoms with Crippen LogP contribution in [-0.2, 0) is 9.59 Å². The van der Waals surface area contributed by atoms with Crippen LogP contribution in [0.4, 0.5) is 5.69 Å². The number of benzene rings is 1. The number of furan rings is 1. The van der Waals surface area contributed by atoms with E-state index in [0.717, 1.165) is 17.9 Å². The summed E-state index contributed by atoms with van der Waals surface area (Å²) in [5.74, 6) is 0.159. The van der Waals surface area contributed by atoms with Crippen molar-refractivity contribution in [1.29, 1.82) is 0 Å². The molecule has 8 nitrogen and oxygen atoms in total. The van der Waals surface area contributed by atoms with Crippen LogP contribution in [0.2, 0.25) is 0 Å². The number of hydrazone groups is 1. The van der Waals surface area contributed by atoms with Gasteiger partial charge in [0, 0.05) is 22.2 Å². The summed E-state index contributed by atoms with van der Waals surface area (Å²) in [4.78, 5) is 36.3. The lowest BCUT2D eigenvalue weighted by Crippen LogP contribution is -2.30. The molecule has 9 heteroatoms. The van der Waals surface area contributed by atoms with E-state index in [1.807, 2.05) is 0 Å². The predicted molar refractivity (Wildman–Crippen MR) is 113 cm³/mol. The fourth-order valence-electron chi connectivity index (χ4n) is 5.68. The Morgan fingerprint density at radius 2 is 1.81 bits per heavy atom. The average molecular weight is 482 g/mol. The fraction of sp³-hybridized carbons (Fsp3) is 0.318. The molecule has 1 spiro atoms. The van der Waals surface area contributed by atoms with Gasteiger partial charge in [0.25, 0.3) is 17.5 Å². The zero-order valence-corrected chi connectivity index (χ0v) is 17.7. The molecule has 0 unspecified atom stereocenters. The number of hydrogen-bond acceptors (Lipinski definition) is 6. The third kappa shape index (κ3) is 2.49. The lowest BCUT2D eigenvalue weighted by molar-refractivity contribution is -0.384. The summed E-state index contributed by atoms with van der Waals surface area (Å²) in [6, 6.07) is 7.76. The first-order valence-corrected chi connectivity index (χ1v) is 10.8. The fourth-order valence-corrected chi connectivity index (χ4v) is 6.24. The Bertz CT molecular complexity index is 1190.